The average molecular weight is 284 g/mol. The third kappa shape index (κ3) is 5.13. The number of rotatable bonds is 7. The van der Waals surface area contributed by atoms with Crippen molar-refractivity contribution in [1.82, 2.24) is 5.32 Å². The second-order valence-corrected chi connectivity index (χ2v) is 5.21. The molecule has 1 unspecified atom stereocenters. The molecule has 90 valence electrons. The van der Waals surface area contributed by atoms with E-state index in [2.05, 4.69) is 59.4 Å². The molecule has 2 heteroatoms. The van der Waals surface area contributed by atoms with Crippen LogP contribution in [0.4, 0.5) is 0 Å². The largest absolute Gasteiger partial charge is 0.310 e. The lowest BCUT2D eigenvalue weighted by Gasteiger charge is -2.14. The first kappa shape index (κ1) is 13.7. The normalized spacial score (nSPS) is 12.7. The van der Waals surface area contributed by atoms with E-state index in [1.807, 2.05) is 0 Å². The lowest BCUT2D eigenvalue weighted by Crippen LogP contribution is -2.19. The van der Waals surface area contributed by atoms with E-state index in [0.29, 0.717) is 6.04 Å². The van der Waals surface area contributed by atoms with Crippen molar-refractivity contribution in [3.8, 4) is 0 Å². The van der Waals surface area contributed by atoms with Gasteiger partial charge in [-0.15, -0.1) is 0 Å². The molecule has 1 N–H and O–H groups in total. The van der Waals surface area contributed by atoms with Crippen molar-refractivity contribution in [2.45, 2.75) is 45.6 Å². The van der Waals surface area contributed by atoms with Crippen LogP contribution in [0.15, 0.2) is 28.7 Å². The van der Waals surface area contributed by atoms with Gasteiger partial charge in [0.05, 0.1) is 0 Å². The summed E-state index contributed by atoms with van der Waals surface area (Å²) >= 11 is 3.51. The van der Waals surface area contributed by atoms with Crippen LogP contribution in [0.1, 0.15) is 51.1 Å². The number of benzene rings is 1. The molecule has 1 atom stereocenters. The van der Waals surface area contributed by atoms with Gasteiger partial charge in [-0.2, -0.15) is 0 Å². The molecule has 0 fully saturated rings. The molecule has 1 rings (SSSR count). The molecular weight excluding hydrogens is 262 g/mol. The highest BCUT2D eigenvalue weighted by Gasteiger charge is 2.03. The SMILES string of the molecule is CCCCCCNC(C)c1cccc(Br)c1. The topological polar surface area (TPSA) is 12.0 Å². The monoisotopic (exact) mass is 283 g/mol. The molecule has 16 heavy (non-hydrogen) atoms. The van der Waals surface area contributed by atoms with Crippen LogP contribution >= 0.6 is 15.9 Å². The van der Waals surface area contributed by atoms with Gasteiger partial charge in [-0.05, 0) is 37.6 Å². The van der Waals surface area contributed by atoms with Gasteiger partial charge in [0.25, 0.3) is 0 Å². The van der Waals surface area contributed by atoms with Crippen molar-refractivity contribution < 1.29 is 0 Å². The Morgan fingerprint density at radius 3 is 2.75 bits per heavy atom. The maximum Gasteiger partial charge on any atom is 0.0292 e. The predicted octanol–water partition coefficient (Wildman–Crippen LogP) is 4.68. The lowest BCUT2D eigenvalue weighted by molar-refractivity contribution is 0.536. The molecule has 0 amide bonds. The fraction of sp³-hybridized carbons (Fsp3) is 0.571. The molecule has 0 aliphatic rings. The van der Waals surface area contributed by atoms with Crippen LogP contribution in [0.2, 0.25) is 0 Å². The van der Waals surface area contributed by atoms with Crippen LogP contribution in [0.25, 0.3) is 0 Å². The average Bonchev–Trinajstić information content (AvgIpc) is 2.28. The molecule has 0 saturated heterocycles. The predicted molar refractivity (Wildman–Crippen MR) is 74.7 cm³/mol. The summed E-state index contributed by atoms with van der Waals surface area (Å²) in [5, 5.41) is 3.56. The van der Waals surface area contributed by atoms with Gasteiger partial charge in [0.2, 0.25) is 0 Å². The van der Waals surface area contributed by atoms with E-state index in [0.717, 1.165) is 11.0 Å². The Kier molecular flexibility index (Phi) is 6.74. The molecule has 1 aromatic rings. The summed E-state index contributed by atoms with van der Waals surface area (Å²) in [6.07, 6.45) is 5.29. The molecular formula is C14H22BrN. The minimum Gasteiger partial charge on any atom is -0.310 e. The second-order valence-electron chi connectivity index (χ2n) is 4.29. The summed E-state index contributed by atoms with van der Waals surface area (Å²) < 4.78 is 1.16. The second kappa shape index (κ2) is 7.86. The van der Waals surface area contributed by atoms with Gasteiger partial charge in [0.15, 0.2) is 0 Å². The van der Waals surface area contributed by atoms with E-state index in [9.17, 15) is 0 Å². The van der Waals surface area contributed by atoms with Crippen molar-refractivity contribution in [2.24, 2.45) is 0 Å². The van der Waals surface area contributed by atoms with Crippen molar-refractivity contribution >= 4 is 15.9 Å². The molecule has 0 heterocycles. The number of hydrogen-bond acceptors (Lipinski definition) is 1. The molecule has 0 aliphatic carbocycles. The fourth-order valence-electron chi connectivity index (χ4n) is 1.76. The third-order valence-electron chi connectivity index (χ3n) is 2.83. The smallest absolute Gasteiger partial charge is 0.0292 e. The molecule has 0 spiro atoms. The maximum absolute atomic E-state index is 3.56. The van der Waals surface area contributed by atoms with Gasteiger partial charge in [-0.3, -0.25) is 0 Å². The quantitative estimate of drug-likeness (QED) is 0.717. The minimum atomic E-state index is 0.444. The molecule has 0 saturated carbocycles. The van der Waals surface area contributed by atoms with Gasteiger partial charge in [-0.1, -0.05) is 54.2 Å². The number of unbranched alkanes of at least 4 members (excludes halogenated alkanes) is 3. The Labute approximate surface area is 108 Å². The van der Waals surface area contributed by atoms with Gasteiger partial charge in [0, 0.05) is 10.5 Å². The third-order valence-corrected chi connectivity index (χ3v) is 3.32. The van der Waals surface area contributed by atoms with E-state index in [1.54, 1.807) is 0 Å². The summed E-state index contributed by atoms with van der Waals surface area (Å²) in [5.74, 6) is 0. The van der Waals surface area contributed by atoms with Gasteiger partial charge >= 0.3 is 0 Å². The molecule has 0 bridgehead atoms. The Hall–Kier alpha value is -0.340. The van der Waals surface area contributed by atoms with E-state index in [-0.39, 0.29) is 0 Å². The Morgan fingerprint density at radius 1 is 1.25 bits per heavy atom. The summed E-state index contributed by atoms with van der Waals surface area (Å²) in [6, 6.07) is 8.96. The van der Waals surface area contributed by atoms with Crippen LogP contribution in [0.3, 0.4) is 0 Å². The zero-order valence-corrected chi connectivity index (χ0v) is 11.9. The van der Waals surface area contributed by atoms with Crippen LogP contribution in [0, 0.1) is 0 Å². The van der Waals surface area contributed by atoms with E-state index >= 15 is 0 Å². The highest BCUT2D eigenvalue weighted by molar-refractivity contribution is 9.10. The molecule has 1 aromatic carbocycles. The molecule has 0 aliphatic heterocycles. The van der Waals surface area contributed by atoms with E-state index in [1.165, 1.54) is 31.2 Å². The lowest BCUT2D eigenvalue weighted by atomic mass is 10.1. The molecule has 1 nitrogen and oxygen atoms in total. The fourth-order valence-corrected chi connectivity index (χ4v) is 2.18. The van der Waals surface area contributed by atoms with Gasteiger partial charge in [-0.25, -0.2) is 0 Å². The summed E-state index contributed by atoms with van der Waals surface area (Å²) in [6.45, 7) is 5.59. The van der Waals surface area contributed by atoms with Crippen LogP contribution in [-0.2, 0) is 0 Å². The van der Waals surface area contributed by atoms with Crippen LogP contribution in [0.5, 0.6) is 0 Å². The van der Waals surface area contributed by atoms with E-state index in [4.69, 9.17) is 0 Å². The Bertz CT molecular complexity index is 299. The van der Waals surface area contributed by atoms with E-state index < -0.39 is 0 Å². The zero-order chi connectivity index (χ0) is 11.8. The van der Waals surface area contributed by atoms with Crippen molar-refractivity contribution in [3.63, 3.8) is 0 Å². The first-order valence-corrected chi connectivity index (χ1v) is 7.02. The van der Waals surface area contributed by atoms with Gasteiger partial charge in [0.1, 0.15) is 0 Å². The Balaban J connectivity index is 2.27. The highest BCUT2D eigenvalue weighted by atomic mass is 79.9. The highest BCUT2D eigenvalue weighted by Crippen LogP contribution is 2.17. The zero-order valence-electron chi connectivity index (χ0n) is 10.3. The maximum atomic E-state index is 3.56. The number of hydrogen-bond donors (Lipinski definition) is 1. The van der Waals surface area contributed by atoms with Crippen LogP contribution in [-0.4, -0.2) is 6.54 Å². The molecule has 0 aromatic heterocycles. The summed E-state index contributed by atoms with van der Waals surface area (Å²) in [5.41, 5.74) is 1.35. The number of nitrogens with one attached hydrogen (secondary N) is 1. The number of halogens is 1. The van der Waals surface area contributed by atoms with Crippen molar-refractivity contribution in [2.75, 3.05) is 6.54 Å². The van der Waals surface area contributed by atoms with Crippen molar-refractivity contribution in [1.29, 1.82) is 0 Å². The summed E-state index contributed by atoms with van der Waals surface area (Å²) in [4.78, 5) is 0. The molecule has 0 radical (unpaired) electrons. The standard InChI is InChI=1S/C14H22BrN/c1-3-4-5-6-10-16-12(2)13-8-7-9-14(15)11-13/h7-9,11-12,16H,3-6,10H2,1-2H3. The minimum absolute atomic E-state index is 0.444. The first-order chi connectivity index (χ1) is 7.74. The van der Waals surface area contributed by atoms with Gasteiger partial charge < -0.3 is 5.32 Å². The summed E-state index contributed by atoms with van der Waals surface area (Å²) in [7, 11) is 0. The first-order valence-electron chi connectivity index (χ1n) is 6.23. The van der Waals surface area contributed by atoms with Crippen LogP contribution < -0.4 is 5.32 Å². The Morgan fingerprint density at radius 2 is 2.06 bits per heavy atom. The van der Waals surface area contributed by atoms with Crippen molar-refractivity contribution in [3.05, 3.63) is 34.3 Å².